The fourth-order valence-electron chi connectivity index (χ4n) is 3.06. The van der Waals surface area contributed by atoms with Crippen LogP contribution in [0.3, 0.4) is 0 Å². The Kier molecular flexibility index (Phi) is 3.23. The number of methoxy groups -OCH3 is 1. The van der Waals surface area contributed by atoms with Crippen molar-refractivity contribution < 1.29 is 23.4 Å². The minimum absolute atomic E-state index is 0.105. The number of allylic oxidation sites excluding steroid dienone is 3. The Bertz CT molecular complexity index is 895. The standard InChI is InChI=1S/C18H16O5/c1-3-21-11-6-14(19)17-13-9-22-15-7-10(20-2)4-5-12(15)18(13)23-16(17)8-11/h4-8,15H,3,9H2,1-2H3. The van der Waals surface area contributed by atoms with Gasteiger partial charge in [-0.25, -0.2) is 0 Å². The Balaban J connectivity index is 1.90. The van der Waals surface area contributed by atoms with E-state index in [-0.39, 0.29) is 11.9 Å². The van der Waals surface area contributed by atoms with Gasteiger partial charge in [-0.3, -0.25) is 4.79 Å². The van der Waals surface area contributed by atoms with Crippen LogP contribution in [0.5, 0.6) is 0 Å². The number of ketones is 1. The molecule has 1 aliphatic heterocycles. The predicted molar refractivity (Wildman–Crippen MR) is 82.7 cm³/mol. The summed E-state index contributed by atoms with van der Waals surface area (Å²) in [6, 6.07) is 0. The van der Waals surface area contributed by atoms with Gasteiger partial charge in [-0.15, -0.1) is 0 Å². The van der Waals surface area contributed by atoms with E-state index in [1.165, 1.54) is 6.08 Å². The summed E-state index contributed by atoms with van der Waals surface area (Å²) in [7, 11) is 1.62. The number of furan rings is 1. The van der Waals surface area contributed by atoms with Crippen molar-refractivity contribution in [3.63, 3.8) is 0 Å². The molecule has 0 fully saturated rings. The molecule has 0 N–H and O–H groups in total. The van der Waals surface area contributed by atoms with Crippen molar-refractivity contribution in [2.75, 3.05) is 13.7 Å². The Morgan fingerprint density at radius 2 is 2.13 bits per heavy atom. The molecule has 5 nitrogen and oxygen atoms in total. The van der Waals surface area contributed by atoms with Crippen LogP contribution >= 0.6 is 0 Å². The van der Waals surface area contributed by atoms with Gasteiger partial charge in [0.1, 0.15) is 28.5 Å². The summed E-state index contributed by atoms with van der Waals surface area (Å²) < 4.78 is 22.5. The number of fused-ring (bicyclic) bond motifs is 4. The highest BCUT2D eigenvalue weighted by molar-refractivity contribution is 6.08. The third-order valence-electron chi connectivity index (χ3n) is 4.09. The number of carbonyl (C=O) groups excluding carboxylic acids is 1. The minimum Gasteiger partial charge on any atom is -0.497 e. The van der Waals surface area contributed by atoms with Crippen LogP contribution in [-0.4, -0.2) is 25.6 Å². The molecule has 1 aromatic heterocycles. The molecule has 5 heteroatoms. The first-order valence-corrected chi connectivity index (χ1v) is 7.53. The average molecular weight is 312 g/mol. The van der Waals surface area contributed by atoms with E-state index in [9.17, 15) is 4.79 Å². The monoisotopic (exact) mass is 312 g/mol. The second kappa shape index (κ2) is 5.28. The molecule has 0 aromatic carbocycles. The predicted octanol–water partition coefficient (Wildman–Crippen LogP) is 1.33. The maximum atomic E-state index is 12.4. The first kappa shape index (κ1) is 14.1. The van der Waals surface area contributed by atoms with Crippen LogP contribution in [-0.2, 0) is 20.8 Å². The fourth-order valence-corrected chi connectivity index (χ4v) is 3.06. The lowest BCUT2D eigenvalue weighted by atomic mass is 9.96. The smallest absolute Gasteiger partial charge is 0.193 e. The Labute approximate surface area is 132 Å². The van der Waals surface area contributed by atoms with Gasteiger partial charge >= 0.3 is 0 Å². The lowest BCUT2D eigenvalue weighted by Crippen LogP contribution is -2.28. The fraction of sp³-hybridized carbons (Fsp3) is 0.278. The van der Waals surface area contributed by atoms with E-state index in [4.69, 9.17) is 18.6 Å². The topological polar surface area (TPSA) is 57.9 Å². The molecule has 0 spiro atoms. The molecule has 118 valence electrons. The summed E-state index contributed by atoms with van der Waals surface area (Å²) in [5, 5.41) is 0. The molecule has 0 bridgehead atoms. The van der Waals surface area contributed by atoms with Gasteiger partial charge in [-0.1, -0.05) is 0 Å². The third kappa shape index (κ3) is 2.16. The van der Waals surface area contributed by atoms with Crippen LogP contribution in [0.4, 0.5) is 0 Å². The largest absolute Gasteiger partial charge is 0.497 e. The number of hydrogen-bond donors (Lipinski definition) is 0. The summed E-state index contributed by atoms with van der Waals surface area (Å²) in [5.74, 6) is 1.17. The zero-order valence-corrected chi connectivity index (χ0v) is 12.9. The summed E-state index contributed by atoms with van der Waals surface area (Å²) in [6.07, 6.45) is 8.72. The summed E-state index contributed by atoms with van der Waals surface area (Å²) >= 11 is 0. The van der Waals surface area contributed by atoms with Gasteiger partial charge in [0.2, 0.25) is 0 Å². The van der Waals surface area contributed by atoms with Gasteiger partial charge in [-0.05, 0) is 25.2 Å². The molecular weight excluding hydrogens is 296 g/mol. The van der Waals surface area contributed by atoms with E-state index in [1.54, 1.807) is 13.2 Å². The van der Waals surface area contributed by atoms with Crippen LogP contribution in [0, 0.1) is 0 Å². The van der Waals surface area contributed by atoms with E-state index in [0.717, 1.165) is 16.9 Å². The highest BCUT2D eigenvalue weighted by atomic mass is 16.5. The molecule has 0 radical (unpaired) electrons. The maximum Gasteiger partial charge on any atom is 0.193 e. The van der Waals surface area contributed by atoms with Crippen LogP contribution in [0.1, 0.15) is 22.8 Å². The van der Waals surface area contributed by atoms with Gasteiger partial charge in [0.25, 0.3) is 0 Å². The van der Waals surface area contributed by atoms with Crippen LogP contribution in [0.25, 0.3) is 11.6 Å². The minimum atomic E-state index is -0.218. The first-order valence-electron chi connectivity index (χ1n) is 7.53. The second-order valence-electron chi connectivity index (χ2n) is 5.43. The lowest BCUT2D eigenvalue weighted by molar-refractivity contribution is 0.0923. The number of hydrogen-bond acceptors (Lipinski definition) is 5. The van der Waals surface area contributed by atoms with E-state index in [0.29, 0.717) is 35.4 Å². The summed E-state index contributed by atoms with van der Waals surface area (Å²) in [5.41, 5.74) is 3.53. The van der Waals surface area contributed by atoms with Crippen LogP contribution in [0.15, 0.2) is 40.2 Å². The average Bonchev–Trinajstić information content (AvgIpc) is 2.93. The normalized spacial score (nSPS) is 21.6. The zero-order valence-electron chi connectivity index (χ0n) is 12.9. The van der Waals surface area contributed by atoms with Gasteiger partial charge in [0, 0.05) is 23.3 Å². The van der Waals surface area contributed by atoms with E-state index < -0.39 is 0 Å². The van der Waals surface area contributed by atoms with Crippen LogP contribution < -0.4 is 10.8 Å². The van der Waals surface area contributed by atoms with Crippen molar-refractivity contribution in [3.8, 4) is 0 Å². The molecule has 2 heterocycles. The SMILES string of the molecule is CCOC1=CC(=O)c2c3c(oc2=C1)=C1C=CC(OC)=CC1OC3. The van der Waals surface area contributed by atoms with Crippen molar-refractivity contribution in [3.05, 3.63) is 57.8 Å². The third-order valence-corrected chi connectivity index (χ3v) is 4.09. The molecule has 1 aromatic rings. The number of carbonyl (C=O) groups is 1. The summed E-state index contributed by atoms with van der Waals surface area (Å²) in [6.45, 7) is 2.71. The van der Waals surface area contributed by atoms with E-state index in [2.05, 4.69) is 0 Å². The lowest BCUT2D eigenvalue weighted by Gasteiger charge is -2.23. The van der Waals surface area contributed by atoms with Gasteiger partial charge in [0.15, 0.2) is 5.78 Å². The van der Waals surface area contributed by atoms with Gasteiger partial charge in [-0.2, -0.15) is 0 Å². The molecule has 23 heavy (non-hydrogen) atoms. The molecule has 0 saturated carbocycles. The zero-order chi connectivity index (χ0) is 16.0. The molecule has 1 unspecified atom stereocenters. The van der Waals surface area contributed by atoms with Gasteiger partial charge in [0.05, 0.1) is 25.9 Å². The summed E-state index contributed by atoms with van der Waals surface area (Å²) in [4.78, 5) is 12.4. The van der Waals surface area contributed by atoms with Crippen molar-refractivity contribution in [2.45, 2.75) is 19.6 Å². The van der Waals surface area contributed by atoms with Crippen LogP contribution in [0.2, 0.25) is 0 Å². The van der Waals surface area contributed by atoms with Crippen molar-refractivity contribution in [1.29, 1.82) is 0 Å². The van der Waals surface area contributed by atoms with Crippen molar-refractivity contribution in [2.24, 2.45) is 0 Å². The van der Waals surface area contributed by atoms with Gasteiger partial charge < -0.3 is 18.6 Å². The molecular formula is C18H16O5. The molecule has 2 aliphatic carbocycles. The Morgan fingerprint density at radius 1 is 1.26 bits per heavy atom. The quantitative estimate of drug-likeness (QED) is 0.843. The number of rotatable bonds is 3. The molecule has 3 aliphatic rings. The molecule has 0 amide bonds. The molecule has 1 atom stereocenters. The van der Waals surface area contributed by atoms with E-state index in [1.807, 2.05) is 25.2 Å². The highest BCUT2D eigenvalue weighted by Gasteiger charge is 2.30. The first-order chi connectivity index (χ1) is 11.2. The maximum absolute atomic E-state index is 12.4. The second-order valence-corrected chi connectivity index (χ2v) is 5.43. The number of ether oxygens (including phenoxy) is 3. The molecule has 0 saturated heterocycles. The van der Waals surface area contributed by atoms with E-state index >= 15 is 0 Å². The van der Waals surface area contributed by atoms with Crippen molar-refractivity contribution in [1.82, 2.24) is 0 Å². The Hall–Kier alpha value is -2.53. The van der Waals surface area contributed by atoms with Crippen molar-refractivity contribution >= 4 is 17.4 Å². The highest BCUT2D eigenvalue weighted by Crippen LogP contribution is 2.25. The molecule has 4 rings (SSSR count). The Morgan fingerprint density at radius 3 is 2.91 bits per heavy atom.